The maximum atomic E-state index is 11.1. The van der Waals surface area contributed by atoms with Gasteiger partial charge < -0.3 is 49.2 Å². The number of rotatable bonds is 9. The van der Waals surface area contributed by atoms with Crippen LogP contribution in [0.2, 0.25) is 0 Å². The van der Waals surface area contributed by atoms with Crippen molar-refractivity contribution in [3.05, 3.63) is 11.6 Å². The van der Waals surface area contributed by atoms with Crippen LogP contribution in [-0.4, -0.2) is 106 Å². The van der Waals surface area contributed by atoms with Gasteiger partial charge in [0.25, 0.3) is 0 Å². The summed E-state index contributed by atoms with van der Waals surface area (Å²) in [5, 5.41) is 51.1. The van der Waals surface area contributed by atoms with Crippen molar-refractivity contribution in [1.82, 2.24) is 0 Å². The zero-order valence-electron chi connectivity index (χ0n) is 29.5. The number of aliphatic hydroxyl groups is 5. The van der Waals surface area contributed by atoms with Gasteiger partial charge in [0.15, 0.2) is 12.6 Å². The van der Waals surface area contributed by atoms with Crippen LogP contribution in [0.5, 0.6) is 0 Å². The average Bonchev–Trinajstić information content (AvgIpc) is 3.60. The minimum absolute atomic E-state index is 0.113. The Morgan fingerprint density at radius 1 is 0.854 bits per heavy atom. The second-order valence-corrected chi connectivity index (χ2v) is 17.3. The molecular weight excluding hydrogens is 616 g/mol. The van der Waals surface area contributed by atoms with Gasteiger partial charge in [-0.25, -0.2) is 0 Å². The molecule has 3 heterocycles. The molecule has 0 radical (unpaired) electrons. The van der Waals surface area contributed by atoms with Crippen LogP contribution in [0, 0.1) is 40.4 Å². The second-order valence-electron chi connectivity index (χ2n) is 17.3. The molecule has 48 heavy (non-hydrogen) atoms. The molecule has 7 rings (SSSR count). The highest BCUT2D eigenvalue weighted by Gasteiger charge is 2.63. The first-order valence-corrected chi connectivity index (χ1v) is 19.2. The Kier molecular flexibility index (Phi) is 10.5. The molecule has 3 aliphatic heterocycles. The topological polar surface area (TPSA) is 147 Å². The van der Waals surface area contributed by atoms with E-state index in [9.17, 15) is 25.5 Å². The van der Waals surface area contributed by atoms with Gasteiger partial charge in [-0.3, -0.25) is 0 Å². The van der Waals surface area contributed by atoms with Crippen molar-refractivity contribution in [2.24, 2.45) is 40.4 Å². The van der Waals surface area contributed by atoms with E-state index in [0.717, 1.165) is 38.5 Å². The minimum Gasteiger partial charge on any atom is -0.396 e. The van der Waals surface area contributed by atoms with Crippen molar-refractivity contribution < 1.29 is 49.2 Å². The molecule has 10 heteroatoms. The maximum absolute atomic E-state index is 11.1. The Morgan fingerprint density at radius 3 is 2.44 bits per heavy atom. The normalized spacial score (nSPS) is 52.5. The molecule has 5 N–H and O–H groups in total. The Balaban J connectivity index is 1.01. The highest BCUT2D eigenvalue weighted by molar-refractivity contribution is 5.26. The van der Waals surface area contributed by atoms with Gasteiger partial charge in [-0.15, -0.1) is 0 Å². The molecule has 7 aliphatic rings. The van der Waals surface area contributed by atoms with Crippen LogP contribution < -0.4 is 0 Å². The second kappa shape index (κ2) is 14.1. The third-order valence-corrected chi connectivity index (χ3v) is 14.4. The third-order valence-electron chi connectivity index (χ3n) is 14.4. The quantitative estimate of drug-likeness (QED) is 0.228. The van der Waals surface area contributed by atoms with Gasteiger partial charge in [-0.05, 0) is 112 Å². The minimum atomic E-state index is -1.04. The lowest BCUT2D eigenvalue weighted by Crippen LogP contribution is -2.57. The zero-order chi connectivity index (χ0) is 34.0. The number of hydrogen-bond donors (Lipinski definition) is 5. The molecule has 0 bridgehead atoms. The van der Waals surface area contributed by atoms with Crippen molar-refractivity contribution >= 4 is 0 Å². The summed E-state index contributed by atoms with van der Waals surface area (Å²) in [6.07, 6.45) is 7.55. The lowest BCUT2D eigenvalue weighted by molar-refractivity contribution is -0.347. The fraction of sp³-hybridized carbons (Fsp3) is 0.947. The van der Waals surface area contributed by atoms with Crippen molar-refractivity contribution in [3.63, 3.8) is 0 Å². The highest BCUT2D eigenvalue weighted by Crippen LogP contribution is 2.68. The number of allylic oxidation sites excluding steroid dienone is 1. The average molecular weight is 679 g/mol. The van der Waals surface area contributed by atoms with Gasteiger partial charge in [0.1, 0.15) is 12.2 Å². The van der Waals surface area contributed by atoms with Crippen LogP contribution >= 0.6 is 0 Å². The predicted molar refractivity (Wildman–Crippen MR) is 176 cm³/mol. The fourth-order valence-electron chi connectivity index (χ4n) is 11.4. The third kappa shape index (κ3) is 6.47. The van der Waals surface area contributed by atoms with E-state index in [1.54, 1.807) is 6.92 Å². The summed E-state index contributed by atoms with van der Waals surface area (Å²) in [7, 11) is 0. The van der Waals surface area contributed by atoms with E-state index in [1.807, 2.05) is 0 Å². The number of aliphatic hydroxyl groups excluding tert-OH is 5. The molecular formula is C38H62O10. The van der Waals surface area contributed by atoms with E-state index in [0.29, 0.717) is 47.2 Å². The zero-order valence-corrected chi connectivity index (χ0v) is 29.5. The molecule has 3 saturated carbocycles. The Morgan fingerprint density at radius 2 is 1.67 bits per heavy atom. The molecule has 0 aromatic carbocycles. The van der Waals surface area contributed by atoms with Gasteiger partial charge in [0.2, 0.25) is 0 Å². The Hall–Kier alpha value is -0.660. The molecule has 18 atom stereocenters. The van der Waals surface area contributed by atoms with Crippen LogP contribution in [0.4, 0.5) is 0 Å². The summed E-state index contributed by atoms with van der Waals surface area (Å²) in [6, 6.07) is 0. The first-order valence-electron chi connectivity index (χ1n) is 19.2. The molecule has 0 spiro atoms. The van der Waals surface area contributed by atoms with Crippen molar-refractivity contribution in [3.8, 4) is 0 Å². The molecule has 4 aliphatic carbocycles. The van der Waals surface area contributed by atoms with Crippen molar-refractivity contribution in [1.29, 1.82) is 0 Å². The smallest absolute Gasteiger partial charge is 0.187 e. The predicted octanol–water partition coefficient (Wildman–Crippen LogP) is 3.84. The summed E-state index contributed by atoms with van der Waals surface area (Å²) in [5.74, 6) is 3.02. The molecule has 6 fully saturated rings. The summed E-state index contributed by atoms with van der Waals surface area (Å²) < 4.78 is 31.4. The molecule has 0 aromatic rings. The van der Waals surface area contributed by atoms with Gasteiger partial charge in [0, 0.05) is 19.4 Å². The fourth-order valence-corrected chi connectivity index (χ4v) is 11.4. The molecule has 10 nitrogen and oxygen atoms in total. The number of fused-ring (bicyclic) bond motifs is 7. The Labute approximate surface area is 286 Å². The van der Waals surface area contributed by atoms with Gasteiger partial charge >= 0.3 is 0 Å². The first-order chi connectivity index (χ1) is 22.9. The largest absolute Gasteiger partial charge is 0.396 e. The van der Waals surface area contributed by atoms with Crippen LogP contribution in [0.1, 0.15) is 105 Å². The van der Waals surface area contributed by atoms with E-state index >= 15 is 0 Å². The van der Waals surface area contributed by atoms with Gasteiger partial charge in [0.05, 0.1) is 49.3 Å². The van der Waals surface area contributed by atoms with Crippen LogP contribution in [-0.2, 0) is 23.7 Å². The summed E-state index contributed by atoms with van der Waals surface area (Å²) >= 11 is 0. The van der Waals surface area contributed by atoms with Crippen LogP contribution in [0.15, 0.2) is 11.6 Å². The van der Waals surface area contributed by atoms with E-state index in [1.165, 1.54) is 31.3 Å². The number of ether oxygens (including phenoxy) is 5. The van der Waals surface area contributed by atoms with Gasteiger partial charge in [-0.2, -0.15) is 0 Å². The lowest BCUT2D eigenvalue weighted by atomic mass is 9.47. The molecule has 14 unspecified atom stereocenters. The molecule has 0 aromatic heterocycles. The molecule has 0 amide bonds. The van der Waals surface area contributed by atoms with E-state index in [4.69, 9.17) is 23.7 Å². The van der Waals surface area contributed by atoms with Crippen LogP contribution in [0.25, 0.3) is 0 Å². The monoisotopic (exact) mass is 678 g/mol. The summed E-state index contributed by atoms with van der Waals surface area (Å²) in [4.78, 5) is 0. The molecule has 3 saturated heterocycles. The standard InChI is InChI=1S/C38H62O10/c1-20(18-39)5-7-23-14-29-33(45-23)16-28-26-8-6-22-13-24(9-11-37(22,3)27(26)10-12-38(28,29)4)46-36-34(31(42)15-25(19-40)47-36)48-35-32(43)17-30(41)21(2)44-35/h6,20-21,23-36,39-43H,5,7-19H2,1-4H3/t20-,21+,23?,24?,25?,26?,27?,28?,29?,30?,31?,32-,33?,34-,35?,36?,37?,38?/m1/s1. The van der Waals surface area contributed by atoms with E-state index in [2.05, 4.69) is 26.8 Å². The highest BCUT2D eigenvalue weighted by atomic mass is 16.8. The number of hydrogen-bond acceptors (Lipinski definition) is 10. The van der Waals surface area contributed by atoms with E-state index < -0.39 is 49.2 Å². The van der Waals surface area contributed by atoms with Gasteiger partial charge in [-0.1, -0.05) is 32.4 Å². The van der Waals surface area contributed by atoms with Crippen molar-refractivity contribution in [2.75, 3.05) is 13.2 Å². The van der Waals surface area contributed by atoms with E-state index in [-0.39, 0.29) is 37.6 Å². The maximum Gasteiger partial charge on any atom is 0.187 e. The lowest BCUT2D eigenvalue weighted by Gasteiger charge is -2.58. The SMILES string of the molecule is C[C@@H](CO)CCC1CC2C(CC3C4CC=C5CC(OC6OC(CO)CC(O)[C@H]6OC6O[C@@H](C)C(O)C[C@H]6O)CCC5(C)C4CCC23C)O1. The van der Waals surface area contributed by atoms with Crippen molar-refractivity contribution in [2.45, 2.75) is 172 Å². The van der Waals surface area contributed by atoms with Crippen LogP contribution in [0.3, 0.4) is 0 Å². The first kappa shape index (κ1) is 35.7. The molecule has 274 valence electrons. The summed E-state index contributed by atoms with van der Waals surface area (Å²) in [5.41, 5.74) is 1.96. The summed E-state index contributed by atoms with van der Waals surface area (Å²) in [6.45, 7) is 8.94. The Bertz CT molecular complexity index is 1150.